The summed E-state index contributed by atoms with van der Waals surface area (Å²) in [4.78, 5) is 7.38. The Morgan fingerprint density at radius 2 is 1.83 bits per heavy atom. The predicted molar refractivity (Wildman–Crippen MR) is 84.1 cm³/mol. The molecule has 2 nitrogen and oxygen atoms in total. The highest BCUT2D eigenvalue weighted by Crippen LogP contribution is 2.42. The molecular weight excluding hydrogens is 367 g/mol. The van der Waals surface area contributed by atoms with Gasteiger partial charge in [-0.1, -0.05) is 6.07 Å². The number of nitrogens with one attached hydrogen (secondary N) is 1. The van der Waals surface area contributed by atoms with Crippen molar-refractivity contribution in [3.8, 4) is 21.8 Å². The van der Waals surface area contributed by atoms with E-state index in [0.29, 0.717) is 21.8 Å². The van der Waals surface area contributed by atoms with E-state index in [1.807, 2.05) is 0 Å². The van der Waals surface area contributed by atoms with Gasteiger partial charge in [-0.2, -0.15) is 8.78 Å². The van der Waals surface area contributed by atoms with Gasteiger partial charge in [0.15, 0.2) is 5.16 Å². The molecule has 0 saturated carbocycles. The molecule has 1 N–H and O–H groups in total. The number of imidazole rings is 1. The van der Waals surface area contributed by atoms with E-state index in [-0.39, 0.29) is 16.9 Å². The van der Waals surface area contributed by atoms with Crippen molar-refractivity contribution in [2.45, 2.75) is 16.8 Å². The van der Waals surface area contributed by atoms with Gasteiger partial charge in [-0.3, -0.25) is 0 Å². The summed E-state index contributed by atoms with van der Waals surface area (Å²) in [5, 5.41) is -2.81. The number of alkyl halides is 4. The third kappa shape index (κ3) is 3.46. The maximum absolute atomic E-state index is 13.3. The van der Waals surface area contributed by atoms with Crippen molar-refractivity contribution in [1.29, 1.82) is 0 Å². The molecule has 24 heavy (non-hydrogen) atoms. The van der Waals surface area contributed by atoms with Crippen LogP contribution in [0.5, 0.6) is 0 Å². The number of H-pyrrole nitrogens is 1. The number of thiophene rings is 1. The molecule has 0 fully saturated rings. The second-order valence-electron chi connectivity index (χ2n) is 4.71. The van der Waals surface area contributed by atoms with Gasteiger partial charge in [0.1, 0.15) is 5.82 Å². The lowest BCUT2D eigenvalue weighted by molar-refractivity contribution is -0.0565. The van der Waals surface area contributed by atoms with Crippen LogP contribution >= 0.6 is 23.1 Å². The van der Waals surface area contributed by atoms with Crippen LogP contribution in [0.3, 0.4) is 0 Å². The molecule has 0 saturated heterocycles. The minimum absolute atomic E-state index is 0.296. The third-order valence-corrected chi connectivity index (χ3v) is 4.78. The Morgan fingerprint density at radius 3 is 2.42 bits per heavy atom. The molecule has 2 aromatic heterocycles. The van der Waals surface area contributed by atoms with E-state index in [4.69, 9.17) is 0 Å². The maximum atomic E-state index is 13.3. The summed E-state index contributed by atoms with van der Waals surface area (Å²) in [5.74, 6) is -0.453. The van der Waals surface area contributed by atoms with Crippen LogP contribution in [-0.2, 0) is 0 Å². The molecule has 0 spiro atoms. The number of aromatic amines is 1. The number of aromatic nitrogens is 2. The summed E-state index contributed by atoms with van der Waals surface area (Å²) in [6.45, 7) is 0. The van der Waals surface area contributed by atoms with Crippen LogP contribution in [0, 0.1) is 5.82 Å². The molecule has 0 radical (unpaired) electrons. The van der Waals surface area contributed by atoms with E-state index in [1.54, 1.807) is 17.5 Å². The first-order chi connectivity index (χ1) is 11.4. The van der Waals surface area contributed by atoms with Gasteiger partial charge in [-0.05, 0) is 47.5 Å². The van der Waals surface area contributed by atoms with Crippen LogP contribution in [0.1, 0.15) is 0 Å². The van der Waals surface area contributed by atoms with Gasteiger partial charge in [-0.15, -0.1) is 11.3 Å². The standard InChI is InChI=1S/C15H9F5N2S2/c16-9-5-3-8(4-6-9)11-12(10-2-1-7-23-10)22-14(21-11)24-15(19,20)13(17)18/h1-7,13H,(H,21,22). The van der Waals surface area contributed by atoms with Crippen LogP contribution in [0.25, 0.3) is 21.8 Å². The summed E-state index contributed by atoms with van der Waals surface area (Å²) in [5.41, 5.74) is 1.21. The summed E-state index contributed by atoms with van der Waals surface area (Å²) in [6.07, 6.45) is -3.81. The fraction of sp³-hybridized carbons (Fsp3) is 0.133. The number of hydrogen-bond donors (Lipinski definition) is 1. The summed E-state index contributed by atoms with van der Waals surface area (Å²) in [7, 11) is 0. The zero-order chi connectivity index (χ0) is 17.3. The Morgan fingerprint density at radius 1 is 1.12 bits per heavy atom. The highest BCUT2D eigenvalue weighted by molar-refractivity contribution is 8.00. The van der Waals surface area contributed by atoms with E-state index in [9.17, 15) is 22.0 Å². The van der Waals surface area contributed by atoms with E-state index >= 15 is 0 Å². The monoisotopic (exact) mass is 376 g/mol. The summed E-state index contributed by atoms with van der Waals surface area (Å²) >= 11 is 1.00. The summed E-state index contributed by atoms with van der Waals surface area (Å²) < 4.78 is 64.4. The van der Waals surface area contributed by atoms with Crippen LogP contribution in [0.2, 0.25) is 0 Å². The third-order valence-electron chi connectivity index (χ3n) is 3.05. The molecular formula is C15H9F5N2S2. The Kier molecular flexibility index (Phi) is 4.64. The van der Waals surface area contributed by atoms with Crippen molar-refractivity contribution in [3.05, 3.63) is 47.6 Å². The van der Waals surface area contributed by atoms with Crippen molar-refractivity contribution in [2.75, 3.05) is 0 Å². The smallest absolute Gasteiger partial charge is 0.332 e. The number of hydrogen-bond acceptors (Lipinski definition) is 3. The van der Waals surface area contributed by atoms with Gasteiger partial charge < -0.3 is 4.98 Å². The SMILES string of the molecule is Fc1ccc(-c2nc(SC(F)(F)C(F)F)[nH]c2-c2cccs2)cc1. The van der Waals surface area contributed by atoms with E-state index in [1.165, 1.54) is 35.6 Å². The zero-order valence-electron chi connectivity index (χ0n) is 11.8. The molecule has 3 rings (SSSR count). The second kappa shape index (κ2) is 6.56. The van der Waals surface area contributed by atoms with Crippen LogP contribution < -0.4 is 0 Å². The Hall–Kier alpha value is -1.87. The number of benzene rings is 1. The van der Waals surface area contributed by atoms with Gasteiger partial charge in [0.2, 0.25) is 0 Å². The largest absolute Gasteiger partial charge is 0.360 e. The average molecular weight is 376 g/mol. The average Bonchev–Trinajstić information content (AvgIpc) is 3.16. The maximum Gasteiger partial charge on any atom is 0.360 e. The van der Waals surface area contributed by atoms with Gasteiger partial charge in [0.25, 0.3) is 0 Å². The van der Waals surface area contributed by atoms with Crippen LogP contribution in [-0.4, -0.2) is 21.6 Å². The number of nitrogens with zero attached hydrogens (tertiary/aromatic N) is 1. The molecule has 0 atom stereocenters. The number of thioether (sulfide) groups is 1. The summed E-state index contributed by atoms with van der Waals surface area (Å²) in [6, 6.07) is 8.82. The van der Waals surface area contributed by atoms with Crippen LogP contribution in [0.15, 0.2) is 46.9 Å². The normalized spacial score (nSPS) is 12.1. The first-order valence-corrected chi connectivity index (χ1v) is 8.31. The number of rotatable bonds is 5. The Balaban J connectivity index is 2.05. The zero-order valence-corrected chi connectivity index (χ0v) is 13.4. The van der Waals surface area contributed by atoms with Gasteiger partial charge in [0, 0.05) is 5.56 Å². The molecule has 0 amide bonds. The molecule has 126 valence electrons. The molecule has 9 heteroatoms. The Labute approximate surface area is 141 Å². The lowest BCUT2D eigenvalue weighted by Gasteiger charge is -2.11. The van der Waals surface area contributed by atoms with Gasteiger partial charge in [0.05, 0.1) is 16.3 Å². The van der Waals surface area contributed by atoms with Crippen molar-refractivity contribution < 1.29 is 22.0 Å². The fourth-order valence-corrected chi connectivity index (χ4v) is 3.35. The van der Waals surface area contributed by atoms with Crippen molar-refractivity contribution in [3.63, 3.8) is 0 Å². The number of halogens is 5. The van der Waals surface area contributed by atoms with Crippen molar-refractivity contribution in [2.24, 2.45) is 0 Å². The fourth-order valence-electron chi connectivity index (χ4n) is 1.99. The molecule has 1 aromatic carbocycles. The van der Waals surface area contributed by atoms with E-state index in [2.05, 4.69) is 9.97 Å². The topological polar surface area (TPSA) is 28.7 Å². The van der Waals surface area contributed by atoms with Gasteiger partial charge in [-0.25, -0.2) is 18.2 Å². The lowest BCUT2D eigenvalue weighted by Crippen LogP contribution is -2.21. The first-order valence-electron chi connectivity index (χ1n) is 6.61. The van der Waals surface area contributed by atoms with Crippen molar-refractivity contribution >= 4 is 23.1 Å². The predicted octanol–water partition coefficient (Wildman–Crippen LogP) is 5.89. The quantitative estimate of drug-likeness (QED) is 0.444. The Bertz CT molecular complexity index is 813. The van der Waals surface area contributed by atoms with Crippen molar-refractivity contribution in [1.82, 2.24) is 9.97 Å². The highest BCUT2D eigenvalue weighted by atomic mass is 32.2. The van der Waals surface area contributed by atoms with E-state index in [0.717, 1.165) is 0 Å². The van der Waals surface area contributed by atoms with Gasteiger partial charge >= 0.3 is 11.7 Å². The minimum Gasteiger partial charge on any atom is -0.332 e. The lowest BCUT2D eigenvalue weighted by atomic mass is 10.1. The van der Waals surface area contributed by atoms with Crippen LogP contribution in [0.4, 0.5) is 22.0 Å². The molecule has 2 heterocycles. The second-order valence-corrected chi connectivity index (χ2v) is 6.80. The molecule has 0 aliphatic rings. The molecule has 0 bridgehead atoms. The molecule has 3 aromatic rings. The molecule has 0 aliphatic carbocycles. The molecule has 0 aliphatic heterocycles. The first kappa shape index (κ1) is 17.0. The highest BCUT2D eigenvalue weighted by Gasteiger charge is 2.43. The molecule has 0 unspecified atom stereocenters. The minimum atomic E-state index is -4.26. The van der Waals surface area contributed by atoms with E-state index < -0.39 is 17.5 Å².